The summed E-state index contributed by atoms with van der Waals surface area (Å²) < 4.78 is 5.75. The molecule has 0 saturated carbocycles. The molecule has 0 radical (unpaired) electrons. The number of carboxylic acids is 1. The second kappa shape index (κ2) is 6.74. The van der Waals surface area contributed by atoms with Crippen LogP contribution in [0.5, 0.6) is 5.75 Å². The summed E-state index contributed by atoms with van der Waals surface area (Å²) in [5, 5.41) is 9.53. The molecule has 0 heterocycles. The summed E-state index contributed by atoms with van der Waals surface area (Å²) in [6, 6.07) is 3.77. The van der Waals surface area contributed by atoms with Crippen LogP contribution in [0, 0.1) is 0 Å². The Morgan fingerprint density at radius 1 is 1.35 bits per heavy atom. The molecule has 0 aliphatic heterocycles. The Morgan fingerprint density at radius 2 is 1.95 bits per heavy atom. The van der Waals surface area contributed by atoms with E-state index in [-0.39, 0.29) is 11.9 Å². The van der Waals surface area contributed by atoms with Gasteiger partial charge < -0.3 is 14.7 Å². The van der Waals surface area contributed by atoms with Crippen molar-refractivity contribution in [3.8, 4) is 5.75 Å². The molecule has 1 aromatic rings. The van der Waals surface area contributed by atoms with Gasteiger partial charge in [-0.1, -0.05) is 15.9 Å². The summed E-state index contributed by atoms with van der Waals surface area (Å²) in [6.45, 7) is 4.93. The molecule has 1 N–H and O–H groups in total. The maximum atomic E-state index is 11.8. The molecule has 0 spiro atoms. The van der Waals surface area contributed by atoms with Gasteiger partial charge in [0.05, 0.1) is 7.11 Å². The number of carboxylic acid groups (broad SMARTS) is 1. The van der Waals surface area contributed by atoms with Crippen LogP contribution in [0.3, 0.4) is 0 Å². The molecule has 0 saturated heterocycles. The van der Waals surface area contributed by atoms with Crippen LogP contribution >= 0.6 is 15.9 Å². The van der Waals surface area contributed by atoms with Crippen LogP contribution in [0.2, 0.25) is 0 Å². The lowest BCUT2D eigenvalue weighted by atomic mass is 10.0. The number of hydrogen-bond acceptors (Lipinski definition) is 3. The van der Waals surface area contributed by atoms with Gasteiger partial charge in [0.2, 0.25) is 5.91 Å². The Balaban J connectivity index is 3.40. The van der Waals surface area contributed by atoms with E-state index in [4.69, 9.17) is 4.74 Å². The minimum absolute atomic E-state index is 0.230. The second-order valence-electron chi connectivity index (χ2n) is 4.65. The van der Waals surface area contributed by atoms with Crippen LogP contribution in [0.4, 0.5) is 0 Å². The molecule has 1 aromatic carbocycles. The fourth-order valence-corrected chi connectivity index (χ4v) is 2.57. The van der Waals surface area contributed by atoms with Crippen molar-refractivity contribution in [1.82, 2.24) is 4.90 Å². The van der Waals surface area contributed by atoms with Gasteiger partial charge in [0.15, 0.2) is 6.04 Å². The number of benzene rings is 1. The molecule has 1 amide bonds. The average molecular weight is 344 g/mol. The van der Waals surface area contributed by atoms with Crippen LogP contribution < -0.4 is 4.74 Å². The number of nitrogens with zero attached hydrogens (tertiary/aromatic N) is 1. The number of methoxy groups -OCH3 is 1. The minimum atomic E-state index is -1.08. The number of rotatable bonds is 5. The number of amides is 1. The number of halogens is 1. The lowest BCUT2D eigenvalue weighted by Gasteiger charge is -2.32. The minimum Gasteiger partial charge on any atom is -0.497 e. The van der Waals surface area contributed by atoms with Crippen molar-refractivity contribution in [2.45, 2.75) is 32.9 Å². The Bertz CT molecular complexity index is 516. The topological polar surface area (TPSA) is 66.8 Å². The molecule has 5 nitrogen and oxygen atoms in total. The molecule has 1 unspecified atom stereocenters. The number of aliphatic carboxylic acids is 1. The Morgan fingerprint density at radius 3 is 2.35 bits per heavy atom. The first-order valence-electron chi connectivity index (χ1n) is 6.14. The fourth-order valence-electron chi connectivity index (χ4n) is 2.10. The lowest BCUT2D eigenvalue weighted by molar-refractivity contribution is -0.151. The van der Waals surface area contributed by atoms with Gasteiger partial charge in [0, 0.05) is 23.0 Å². The van der Waals surface area contributed by atoms with Crippen molar-refractivity contribution >= 4 is 27.8 Å². The van der Waals surface area contributed by atoms with Crippen LogP contribution in [-0.4, -0.2) is 35.0 Å². The quantitative estimate of drug-likeness (QED) is 0.892. The summed E-state index contributed by atoms with van der Waals surface area (Å²) in [6.07, 6.45) is 0. The zero-order valence-electron chi connectivity index (χ0n) is 11.9. The average Bonchev–Trinajstić information content (AvgIpc) is 2.35. The predicted octanol–water partition coefficient (Wildman–Crippen LogP) is 2.84. The van der Waals surface area contributed by atoms with Crippen LogP contribution in [0.1, 0.15) is 32.4 Å². The largest absolute Gasteiger partial charge is 0.497 e. The molecule has 0 aromatic heterocycles. The van der Waals surface area contributed by atoms with E-state index in [1.54, 1.807) is 32.0 Å². The zero-order chi connectivity index (χ0) is 15.4. The van der Waals surface area contributed by atoms with Gasteiger partial charge >= 0.3 is 5.97 Å². The van der Waals surface area contributed by atoms with Crippen LogP contribution in [0.25, 0.3) is 0 Å². The summed E-state index contributed by atoms with van der Waals surface area (Å²) in [4.78, 5) is 24.8. The second-order valence-corrected chi connectivity index (χ2v) is 5.50. The molecule has 1 rings (SSSR count). The Hall–Kier alpha value is -1.56. The van der Waals surface area contributed by atoms with Gasteiger partial charge in [-0.3, -0.25) is 4.79 Å². The summed E-state index contributed by atoms with van der Waals surface area (Å²) in [5.41, 5.74) is 0.487. The molecule has 0 fully saturated rings. The fraction of sp³-hybridized carbons (Fsp3) is 0.429. The normalized spacial score (nSPS) is 12.1. The maximum absolute atomic E-state index is 11.8. The van der Waals surface area contributed by atoms with E-state index in [0.29, 0.717) is 15.8 Å². The maximum Gasteiger partial charge on any atom is 0.331 e. The van der Waals surface area contributed by atoms with E-state index in [9.17, 15) is 14.7 Å². The van der Waals surface area contributed by atoms with Crippen LogP contribution in [-0.2, 0) is 9.59 Å². The number of carbonyl (C=O) groups excluding carboxylic acids is 1. The highest BCUT2D eigenvalue weighted by Crippen LogP contribution is 2.32. The SMILES string of the molecule is COc1ccc(Br)c(C(C(=O)O)N(C(C)=O)C(C)C)c1. The van der Waals surface area contributed by atoms with E-state index >= 15 is 0 Å². The monoisotopic (exact) mass is 343 g/mol. The van der Waals surface area contributed by atoms with Crippen molar-refractivity contribution in [2.75, 3.05) is 7.11 Å². The Labute approximate surface area is 126 Å². The molecule has 1 atom stereocenters. The van der Waals surface area contributed by atoms with Crippen molar-refractivity contribution in [3.05, 3.63) is 28.2 Å². The Kier molecular flexibility index (Phi) is 5.56. The van der Waals surface area contributed by atoms with Gasteiger partial charge in [0.1, 0.15) is 5.75 Å². The third-order valence-electron chi connectivity index (χ3n) is 2.93. The standard InChI is InChI=1S/C14H18BrNO4/c1-8(2)16(9(3)17)13(14(18)19)11-7-10(20-4)5-6-12(11)15/h5-8,13H,1-4H3,(H,18,19). The summed E-state index contributed by atoms with van der Waals surface area (Å²) in [5.74, 6) is -0.827. The zero-order valence-corrected chi connectivity index (χ0v) is 13.5. The summed E-state index contributed by atoms with van der Waals surface area (Å²) >= 11 is 3.34. The van der Waals surface area contributed by atoms with Crippen LogP contribution in [0.15, 0.2) is 22.7 Å². The first kappa shape index (κ1) is 16.5. The van der Waals surface area contributed by atoms with E-state index < -0.39 is 12.0 Å². The third kappa shape index (κ3) is 3.50. The van der Waals surface area contributed by atoms with E-state index in [0.717, 1.165) is 0 Å². The summed E-state index contributed by atoms with van der Waals surface area (Å²) in [7, 11) is 1.51. The molecule has 20 heavy (non-hydrogen) atoms. The number of ether oxygens (including phenoxy) is 1. The van der Waals surface area contributed by atoms with Gasteiger partial charge in [-0.15, -0.1) is 0 Å². The highest BCUT2D eigenvalue weighted by Gasteiger charge is 2.33. The lowest BCUT2D eigenvalue weighted by Crippen LogP contribution is -2.42. The molecular formula is C14H18BrNO4. The number of hydrogen-bond donors (Lipinski definition) is 1. The third-order valence-corrected chi connectivity index (χ3v) is 3.65. The van der Waals surface area contributed by atoms with Gasteiger partial charge in [-0.2, -0.15) is 0 Å². The first-order valence-corrected chi connectivity index (χ1v) is 6.94. The van der Waals surface area contributed by atoms with Crippen molar-refractivity contribution < 1.29 is 19.4 Å². The smallest absolute Gasteiger partial charge is 0.331 e. The molecule has 0 aliphatic carbocycles. The molecule has 0 bridgehead atoms. The highest BCUT2D eigenvalue weighted by atomic mass is 79.9. The molecule has 110 valence electrons. The van der Waals surface area contributed by atoms with Crippen molar-refractivity contribution in [1.29, 1.82) is 0 Å². The molecular weight excluding hydrogens is 326 g/mol. The van der Waals surface area contributed by atoms with Gasteiger partial charge in [-0.05, 0) is 32.0 Å². The molecule has 0 aliphatic rings. The van der Waals surface area contributed by atoms with Crippen molar-refractivity contribution in [3.63, 3.8) is 0 Å². The number of carbonyl (C=O) groups is 2. The van der Waals surface area contributed by atoms with E-state index in [2.05, 4.69) is 15.9 Å². The predicted molar refractivity (Wildman–Crippen MR) is 78.7 cm³/mol. The van der Waals surface area contributed by atoms with Gasteiger partial charge in [0.25, 0.3) is 0 Å². The van der Waals surface area contributed by atoms with E-state index in [1.807, 2.05) is 0 Å². The van der Waals surface area contributed by atoms with E-state index in [1.165, 1.54) is 18.9 Å². The first-order chi connectivity index (χ1) is 9.29. The molecule has 6 heteroatoms. The van der Waals surface area contributed by atoms with Crippen molar-refractivity contribution in [2.24, 2.45) is 0 Å². The van der Waals surface area contributed by atoms with Gasteiger partial charge in [-0.25, -0.2) is 4.79 Å². The highest BCUT2D eigenvalue weighted by molar-refractivity contribution is 9.10.